The topological polar surface area (TPSA) is 41.6 Å². The van der Waals surface area contributed by atoms with Crippen LogP contribution in [-0.2, 0) is 4.74 Å². The molecule has 0 radical (unpaired) electrons. The third kappa shape index (κ3) is 5.36. The number of ether oxygens (including phenoxy) is 1. The molecular weight excluding hydrogens is 319 g/mol. The van der Waals surface area contributed by atoms with Crippen molar-refractivity contribution < 1.29 is 13.9 Å². The summed E-state index contributed by atoms with van der Waals surface area (Å²) in [7, 11) is 0. The van der Waals surface area contributed by atoms with E-state index in [2.05, 4.69) is 5.32 Å². The zero-order chi connectivity index (χ0) is 17.0. The van der Waals surface area contributed by atoms with Crippen LogP contribution in [0.15, 0.2) is 18.2 Å². The second kappa shape index (κ2) is 7.49. The lowest BCUT2D eigenvalue weighted by molar-refractivity contribution is 0.0218. The first-order chi connectivity index (χ1) is 10.8. The highest BCUT2D eigenvalue weighted by atomic mass is 35.5. The molecule has 0 aliphatic carbocycles. The molecule has 1 unspecified atom stereocenters. The van der Waals surface area contributed by atoms with Crippen molar-refractivity contribution in [3.8, 4) is 0 Å². The van der Waals surface area contributed by atoms with Crippen LogP contribution in [0.1, 0.15) is 45.2 Å². The maximum Gasteiger partial charge on any atom is 0.410 e. The number of halogens is 2. The van der Waals surface area contributed by atoms with E-state index in [1.165, 1.54) is 12.1 Å². The summed E-state index contributed by atoms with van der Waals surface area (Å²) in [6.45, 7) is 7.47. The van der Waals surface area contributed by atoms with Crippen LogP contribution in [-0.4, -0.2) is 36.2 Å². The molecule has 1 aromatic rings. The lowest BCUT2D eigenvalue weighted by Crippen LogP contribution is -2.44. The van der Waals surface area contributed by atoms with Gasteiger partial charge in [-0.2, -0.15) is 0 Å². The molecule has 2 rings (SSSR count). The Morgan fingerprint density at radius 2 is 2.13 bits per heavy atom. The molecule has 1 amide bonds. The van der Waals surface area contributed by atoms with E-state index in [4.69, 9.17) is 16.3 Å². The smallest absolute Gasteiger partial charge is 0.410 e. The number of carbonyl (C=O) groups is 1. The number of benzene rings is 1. The van der Waals surface area contributed by atoms with Crippen molar-refractivity contribution in [2.45, 2.75) is 45.3 Å². The molecule has 1 atom stereocenters. The Balaban J connectivity index is 2.17. The summed E-state index contributed by atoms with van der Waals surface area (Å²) in [6.07, 6.45) is 1.54. The number of carbonyl (C=O) groups excluding carboxylic acids is 1. The van der Waals surface area contributed by atoms with E-state index in [1.54, 1.807) is 11.0 Å². The first-order valence-corrected chi connectivity index (χ1v) is 8.30. The van der Waals surface area contributed by atoms with Gasteiger partial charge in [0, 0.05) is 18.1 Å². The number of nitrogens with one attached hydrogen (secondary N) is 1. The van der Waals surface area contributed by atoms with Gasteiger partial charge in [0.2, 0.25) is 0 Å². The molecule has 0 saturated carbocycles. The van der Waals surface area contributed by atoms with E-state index in [1.807, 2.05) is 20.8 Å². The van der Waals surface area contributed by atoms with E-state index >= 15 is 0 Å². The van der Waals surface area contributed by atoms with Crippen LogP contribution < -0.4 is 5.32 Å². The first-order valence-electron chi connectivity index (χ1n) is 7.92. The SMILES string of the molecule is CC(C)(C)OC(=O)N1CCCCNC(c2ccc(F)cc2Cl)C1. The molecule has 1 N–H and O–H groups in total. The highest BCUT2D eigenvalue weighted by Gasteiger charge is 2.27. The van der Waals surface area contributed by atoms with Gasteiger partial charge in [-0.05, 0) is 57.9 Å². The summed E-state index contributed by atoms with van der Waals surface area (Å²) in [6, 6.07) is 4.22. The van der Waals surface area contributed by atoms with E-state index in [9.17, 15) is 9.18 Å². The van der Waals surface area contributed by atoms with Gasteiger partial charge in [0.15, 0.2) is 0 Å². The summed E-state index contributed by atoms with van der Waals surface area (Å²) >= 11 is 6.18. The van der Waals surface area contributed by atoms with Crippen molar-refractivity contribution in [1.82, 2.24) is 10.2 Å². The molecule has 1 saturated heterocycles. The predicted molar refractivity (Wildman–Crippen MR) is 89.2 cm³/mol. The van der Waals surface area contributed by atoms with E-state index in [0.717, 1.165) is 24.9 Å². The van der Waals surface area contributed by atoms with E-state index in [0.29, 0.717) is 18.1 Å². The predicted octanol–water partition coefficient (Wildman–Crippen LogP) is 4.14. The molecular formula is C17H24ClFN2O2. The fourth-order valence-corrected chi connectivity index (χ4v) is 2.86. The average Bonchev–Trinajstić information content (AvgIpc) is 2.37. The van der Waals surface area contributed by atoms with Crippen molar-refractivity contribution in [3.05, 3.63) is 34.6 Å². The fourth-order valence-electron chi connectivity index (χ4n) is 2.56. The number of amides is 1. The summed E-state index contributed by atoms with van der Waals surface area (Å²) < 4.78 is 18.7. The highest BCUT2D eigenvalue weighted by Crippen LogP contribution is 2.26. The highest BCUT2D eigenvalue weighted by molar-refractivity contribution is 6.31. The zero-order valence-corrected chi connectivity index (χ0v) is 14.6. The Morgan fingerprint density at radius 1 is 1.39 bits per heavy atom. The Hall–Kier alpha value is -1.33. The van der Waals surface area contributed by atoms with Gasteiger partial charge in [0.25, 0.3) is 0 Å². The lowest BCUT2D eigenvalue weighted by atomic mass is 10.0. The van der Waals surface area contributed by atoms with Crippen LogP contribution in [0.2, 0.25) is 5.02 Å². The quantitative estimate of drug-likeness (QED) is 0.834. The van der Waals surface area contributed by atoms with Crippen molar-refractivity contribution >= 4 is 17.7 Å². The van der Waals surface area contributed by atoms with Crippen LogP contribution in [0.3, 0.4) is 0 Å². The normalized spacial score (nSPS) is 19.9. The van der Waals surface area contributed by atoms with Crippen LogP contribution in [0.25, 0.3) is 0 Å². The third-order valence-electron chi connectivity index (χ3n) is 3.64. The molecule has 4 nitrogen and oxygen atoms in total. The van der Waals surface area contributed by atoms with Gasteiger partial charge < -0.3 is 15.0 Å². The van der Waals surface area contributed by atoms with Gasteiger partial charge in [-0.3, -0.25) is 0 Å². The average molecular weight is 343 g/mol. The van der Waals surface area contributed by atoms with Gasteiger partial charge in [0.1, 0.15) is 11.4 Å². The molecule has 0 spiro atoms. The minimum atomic E-state index is -0.532. The second-order valence-electron chi connectivity index (χ2n) is 6.81. The maximum atomic E-state index is 13.3. The minimum Gasteiger partial charge on any atom is -0.444 e. The fraction of sp³-hybridized carbons (Fsp3) is 0.588. The lowest BCUT2D eigenvalue weighted by Gasteiger charge is -2.33. The molecule has 1 fully saturated rings. The molecule has 1 heterocycles. The minimum absolute atomic E-state index is 0.143. The van der Waals surface area contributed by atoms with E-state index < -0.39 is 5.60 Å². The molecule has 1 aromatic carbocycles. The largest absolute Gasteiger partial charge is 0.444 e. The molecule has 1 aliphatic heterocycles. The van der Waals surface area contributed by atoms with Crippen molar-refractivity contribution in [3.63, 3.8) is 0 Å². The second-order valence-corrected chi connectivity index (χ2v) is 7.21. The summed E-state index contributed by atoms with van der Waals surface area (Å²) in [5.41, 5.74) is 0.263. The monoisotopic (exact) mass is 342 g/mol. The summed E-state index contributed by atoms with van der Waals surface area (Å²) in [5.74, 6) is -0.367. The molecule has 0 bridgehead atoms. The van der Waals surface area contributed by atoms with Gasteiger partial charge in [0.05, 0.1) is 6.04 Å². The van der Waals surface area contributed by atoms with Crippen LogP contribution >= 0.6 is 11.6 Å². The first kappa shape index (κ1) is 18.0. The van der Waals surface area contributed by atoms with Crippen LogP contribution in [0.5, 0.6) is 0 Å². The molecule has 6 heteroatoms. The Morgan fingerprint density at radius 3 is 2.78 bits per heavy atom. The number of hydrogen-bond donors (Lipinski definition) is 1. The number of nitrogens with zero attached hydrogens (tertiary/aromatic N) is 1. The zero-order valence-electron chi connectivity index (χ0n) is 13.9. The van der Waals surface area contributed by atoms with Gasteiger partial charge in [-0.25, -0.2) is 9.18 Å². The van der Waals surface area contributed by atoms with Gasteiger partial charge in [-0.1, -0.05) is 17.7 Å². The van der Waals surface area contributed by atoms with Gasteiger partial charge >= 0.3 is 6.09 Å². The molecule has 128 valence electrons. The molecule has 0 aromatic heterocycles. The van der Waals surface area contributed by atoms with Crippen molar-refractivity contribution in [1.29, 1.82) is 0 Å². The molecule has 1 aliphatic rings. The van der Waals surface area contributed by atoms with Crippen molar-refractivity contribution in [2.24, 2.45) is 0 Å². The van der Waals surface area contributed by atoms with Crippen LogP contribution in [0.4, 0.5) is 9.18 Å². The Labute approximate surface area is 141 Å². The third-order valence-corrected chi connectivity index (χ3v) is 3.97. The summed E-state index contributed by atoms with van der Waals surface area (Å²) in [5, 5.41) is 3.76. The molecule has 23 heavy (non-hydrogen) atoms. The van der Waals surface area contributed by atoms with E-state index in [-0.39, 0.29) is 18.0 Å². The Bertz CT molecular complexity index is 560. The van der Waals surface area contributed by atoms with Gasteiger partial charge in [-0.15, -0.1) is 0 Å². The standard InChI is InChI=1S/C17H24ClFN2O2/c1-17(2,3)23-16(22)21-9-5-4-8-20-15(11-21)13-7-6-12(19)10-14(13)18/h6-7,10,15,20H,4-5,8-9,11H2,1-3H3. The number of rotatable bonds is 1. The Kier molecular flexibility index (Phi) is 5.87. The van der Waals surface area contributed by atoms with Crippen LogP contribution in [0, 0.1) is 5.82 Å². The van der Waals surface area contributed by atoms with Crippen molar-refractivity contribution in [2.75, 3.05) is 19.6 Å². The summed E-state index contributed by atoms with van der Waals surface area (Å²) in [4.78, 5) is 14.1. The number of hydrogen-bond acceptors (Lipinski definition) is 3. The maximum absolute atomic E-state index is 13.3.